The zero-order chi connectivity index (χ0) is 21.3. The van der Waals surface area contributed by atoms with E-state index in [0.717, 1.165) is 49.6 Å². The van der Waals surface area contributed by atoms with Crippen molar-refractivity contribution >= 4 is 5.91 Å². The third-order valence-electron chi connectivity index (χ3n) is 6.27. The Kier molecular flexibility index (Phi) is 5.80. The summed E-state index contributed by atoms with van der Waals surface area (Å²) >= 11 is 0. The molecular formula is C25H31N3O2. The van der Waals surface area contributed by atoms with Gasteiger partial charge >= 0.3 is 0 Å². The molecule has 1 aliphatic heterocycles. The number of piperidine rings is 1. The van der Waals surface area contributed by atoms with E-state index >= 15 is 0 Å². The summed E-state index contributed by atoms with van der Waals surface area (Å²) in [6, 6.07) is 10.7. The molecule has 0 unspecified atom stereocenters. The van der Waals surface area contributed by atoms with Gasteiger partial charge in [-0.3, -0.25) is 4.79 Å². The number of rotatable bonds is 5. The molecule has 5 heteroatoms. The molecule has 0 aliphatic carbocycles. The van der Waals surface area contributed by atoms with Crippen molar-refractivity contribution in [1.29, 1.82) is 0 Å². The summed E-state index contributed by atoms with van der Waals surface area (Å²) in [4.78, 5) is 19.3. The van der Waals surface area contributed by atoms with Crippen LogP contribution in [0.3, 0.4) is 0 Å². The summed E-state index contributed by atoms with van der Waals surface area (Å²) in [6.45, 7) is 10.6. The van der Waals surface area contributed by atoms with Gasteiger partial charge < -0.3 is 13.9 Å². The number of hydrogen-bond donors (Lipinski definition) is 0. The molecule has 0 atom stereocenters. The molecule has 0 bridgehead atoms. The van der Waals surface area contributed by atoms with E-state index < -0.39 is 0 Å². The summed E-state index contributed by atoms with van der Waals surface area (Å²) in [7, 11) is 0. The topological polar surface area (TPSA) is 51.3 Å². The summed E-state index contributed by atoms with van der Waals surface area (Å²) < 4.78 is 7.88. The minimum Gasteiger partial charge on any atom is -0.456 e. The van der Waals surface area contributed by atoms with Gasteiger partial charge in [0, 0.05) is 37.9 Å². The van der Waals surface area contributed by atoms with Gasteiger partial charge in [0.25, 0.3) is 5.91 Å². The Bertz CT molecular complexity index is 986. The van der Waals surface area contributed by atoms with Crippen LogP contribution < -0.4 is 0 Å². The first kappa shape index (κ1) is 20.5. The van der Waals surface area contributed by atoms with Gasteiger partial charge in [0.1, 0.15) is 11.6 Å². The number of hydrogen-bond acceptors (Lipinski definition) is 3. The lowest BCUT2D eigenvalue weighted by Crippen LogP contribution is -2.38. The molecule has 3 aromatic rings. The molecule has 1 aliphatic rings. The van der Waals surface area contributed by atoms with Gasteiger partial charge in [-0.15, -0.1) is 0 Å². The smallest absolute Gasteiger partial charge is 0.289 e. The van der Waals surface area contributed by atoms with Gasteiger partial charge in [-0.2, -0.15) is 0 Å². The molecule has 0 radical (unpaired) electrons. The first-order chi connectivity index (χ1) is 14.4. The van der Waals surface area contributed by atoms with E-state index in [-0.39, 0.29) is 5.91 Å². The van der Waals surface area contributed by atoms with E-state index in [1.807, 2.05) is 31.0 Å². The maximum Gasteiger partial charge on any atom is 0.289 e. The Morgan fingerprint density at radius 2 is 1.87 bits per heavy atom. The number of imidazole rings is 1. The van der Waals surface area contributed by atoms with Crippen molar-refractivity contribution < 1.29 is 9.21 Å². The molecule has 30 heavy (non-hydrogen) atoms. The quantitative estimate of drug-likeness (QED) is 0.580. The summed E-state index contributed by atoms with van der Waals surface area (Å²) in [6.07, 6.45) is 5.81. The highest BCUT2D eigenvalue weighted by Crippen LogP contribution is 2.29. The van der Waals surface area contributed by atoms with Crippen LogP contribution in [0.25, 0.3) is 0 Å². The van der Waals surface area contributed by atoms with Crippen LogP contribution in [0.15, 0.2) is 47.1 Å². The number of amides is 1. The van der Waals surface area contributed by atoms with Crippen LogP contribution >= 0.6 is 0 Å². The molecule has 1 saturated heterocycles. The van der Waals surface area contributed by atoms with E-state index in [0.29, 0.717) is 17.6 Å². The van der Waals surface area contributed by atoms with Crippen LogP contribution in [0.4, 0.5) is 0 Å². The van der Waals surface area contributed by atoms with Crippen LogP contribution in [0.5, 0.6) is 0 Å². The predicted octanol–water partition coefficient (Wildman–Crippen LogP) is 5.28. The van der Waals surface area contributed by atoms with Gasteiger partial charge in [-0.05, 0) is 55.4 Å². The highest BCUT2D eigenvalue weighted by atomic mass is 16.4. The van der Waals surface area contributed by atoms with Gasteiger partial charge in [-0.1, -0.05) is 38.1 Å². The average Bonchev–Trinajstić information content (AvgIpc) is 3.34. The highest BCUT2D eigenvalue weighted by molar-refractivity contribution is 5.91. The molecular weight excluding hydrogens is 374 g/mol. The van der Waals surface area contributed by atoms with E-state index in [9.17, 15) is 4.79 Å². The molecule has 1 aromatic carbocycles. The fraction of sp³-hybridized carbons (Fsp3) is 0.440. The van der Waals surface area contributed by atoms with Crippen molar-refractivity contribution in [3.63, 3.8) is 0 Å². The lowest BCUT2D eigenvalue weighted by Gasteiger charge is -2.31. The maximum absolute atomic E-state index is 12.8. The number of carbonyl (C=O) groups is 1. The van der Waals surface area contributed by atoms with Gasteiger partial charge in [0.05, 0.1) is 0 Å². The standard InChI is InChI=1S/C25H31N3O2/c1-17(2)21-7-5-20(6-8-21)16-28-14-11-26-24(28)22-9-12-27(13-10-22)25(29)23-15-18(3)19(4)30-23/h5-8,11,14-15,17,22H,9-10,12-13,16H2,1-4H3. The number of aromatic nitrogens is 2. The number of carbonyl (C=O) groups excluding carboxylic acids is 1. The van der Waals surface area contributed by atoms with E-state index in [4.69, 9.17) is 4.42 Å². The molecule has 0 N–H and O–H groups in total. The first-order valence-corrected chi connectivity index (χ1v) is 10.9. The van der Waals surface area contributed by atoms with E-state index in [1.54, 1.807) is 0 Å². The van der Waals surface area contributed by atoms with Crippen LogP contribution in [0.1, 0.15) is 77.4 Å². The van der Waals surface area contributed by atoms with E-state index in [1.165, 1.54) is 11.1 Å². The third-order valence-corrected chi connectivity index (χ3v) is 6.27. The molecule has 0 spiro atoms. The first-order valence-electron chi connectivity index (χ1n) is 10.9. The number of aryl methyl sites for hydroxylation is 2. The van der Waals surface area contributed by atoms with Crippen LogP contribution in [-0.4, -0.2) is 33.4 Å². The molecule has 3 heterocycles. The monoisotopic (exact) mass is 405 g/mol. The van der Waals surface area contributed by atoms with Gasteiger partial charge in [0.2, 0.25) is 0 Å². The Balaban J connectivity index is 1.40. The summed E-state index contributed by atoms with van der Waals surface area (Å²) in [5.74, 6) is 3.31. The zero-order valence-electron chi connectivity index (χ0n) is 18.4. The van der Waals surface area contributed by atoms with Crippen LogP contribution in [-0.2, 0) is 6.54 Å². The molecule has 2 aromatic heterocycles. The lowest BCUT2D eigenvalue weighted by molar-refractivity contribution is 0.0677. The molecule has 1 fully saturated rings. The average molecular weight is 406 g/mol. The van der Waals surface area contributed by atoms with Crippen molar-refractivity contribution in [1.82, 2.24) is 14.5 Å². The largest absolute Gasteiger partial charge is 0.456 e. The second kappa shape index (κ2) is 8.50. The normalized spacial score (nSPS) is 15.2. The highest BCUT2D eigenvalue weighted by Gasteiger charge is 2.28. The molecule has 158 valence electrons. The van der Waals surface area contributed by atoms with Gasteiger partial charge in [-0.25, -0.2) is 4.98 Å². The summed E-state index contributed by atoms with van der Waals surface area (Å²) in [5.41, 5.74) is 3.68. The predicted molar refractivity (Wildman–Crippen MR) is 118 cm³/mol. The Morgan fingerprint density at radius 1 is 1.17 bits per heavy atom. The van der Waals surface area contributed by atoms with Gasteiger partial charge in [0.15, 0.2) is 5.76 Å². The lowest BCUT2D eigenvalue weighted by atomic mass is 9.95. The minimum atomic E-state index is -0.00164. The Hall–Kier alpha value is -2.82. The molecule has 4 rings (SSSR count). The number of furan rings is 1. The summed E-state index contributed by atoms with van der Waals surface area (Å²) in [5, 5.41) is 0. The number of benzene rings is 1. The third kappa shape index (κ3) is 4.20. The number of likely N-dealkylation sites (tertiary alicyclic amines) is 1. The Labute approximate surface area is 178 Å². The molecule has 0 saturated carbocycles. The fourth-order valence-corrected chi connectivity index (χ4v) is 4.19. The molecule has 5 nitrogen and oxygen atoms in total. The van der Waals surface area contributed by atoms with E-state index in [2.05, 4.69) is 53.9 Å². The SMILES string of the molecule is Cc1cc(C(=O)N2CCC(c3nccn3Cc3ccc(C(C)C)cc3)CC2)oc1C. The zero-order valence-corrected chi connectivity index (χ0v) is 18.4. The second-order valence-corrected chi connectivity index (χ2v) is 8.73. The van der Waals surface area contributed by atoms with Crippen molar-refractivity contribution in [2.24, 2.45) is 0 Å². The van der Waals surface area contributed by atoms with Crippen molar-refractivity contribution in [3.05, 3.63) is 76.8 Å². The van der Waals surface area contributed by atoms with Crippen molar-refractivity contribution in [3.8, 4) is 0 Å². The van der Waals surface area contributed by atoms with Crippen molar-refractivity contribution in [2.45, 2.75) is 58.9 Å². The second-order valence-electron chi connectivity index (χ2n) is 8.73. The Morgan fingerprint density at radius 3 is 2.47 bits per heavy atom. The molecule has 1 amide bonds. The van der Waals surface area contributed by atoms with Crippen LogP contribution in [0, 0.1) is 13.8 Å². The maximum atomic E-state index is 12.8. The van der Waals surface area contributed by atoms with Crippen LogP contribution in [0.2, 0.25) is 0 Å². The fourth-order valence-electron chi connectivity index (χ4n) is 4.19. The number of nitrogens with zero attached hydrogens (tertiary/aromatic N) is 3. The minimum absolute atomic E-state index is 0.00164. The van der Waals surface area contributed by atoms with Crippen molar-refractivity contribution in [2.75, 3.05) is 13.1 Å².